The molecular weight excluding hydrogens is 285 g/mol. The fraction of sp³-hybridized carbons (Fsp3) is 0.643. The highest BCUT2D eigenvalue weighted by Gasteiger charge is 2.57. The molecule has 4 nitrogen and oxygen atoms in total. The van der Waals surface area contributed by atoms with Crippen molar-refractivity contribution in [2.45, 2.75) is 44.4 Å². The van der Waals surface area contributed by atoms with Gasteiger partial charge in [0.25, 0.3) is 0 Å². The lowest BCUT2D eigenvalue weighted by Gasteiger charge is -2.31. The molecule has 1 aromatic heterocycles. The van der Waals surface area contributed by atoms with Crippen molar-refractivity contribution in [3.8, 4) is 0 Å². The number of nitrogens with zero attached hydrogens (tertiary/aromatic N) is 1. The maximum Gasteiger partial charge on any atom is 0.410 e. The van der Waals surface area contributed by atoms with Gasteiger partial charge in [0, 0.05) is 12.4 Å². The minimum absolute atomic E-state index is 0.00823. The predicted molar refractivity (Wildman–Crippen MR) is 70.7 cm³/mol. The second kappa shape index (κ2) is 5.71. The number of hydrogen-bond acceptors (Lipinski definition) is 3. The minimum atomic E-state index is -4.37. The molecule has 0 spiro atoms. The van der Waals surface area contributed by atoms with Crippen LogP contribution in [0.25, 0.3) is 0 Å². The van der Waals surface area contributed by atoms with Crippen LogP contribution in [0.5, 0.6) is 0 Å². The average molecular weight is 304 g/mol. The van der Waals surface area contributed by atoms with Crippen LogP contribution in [0.2, 0.25) is 0 Å². The molecule has 2 heterocycles. The van der Waals surface area contributed by atoms with Crippen molar-refractivity contribution in [3.05, 3.63) is 24.0 Å². The van der Waals surface area contributed by atoms with E-state index in [1.165, 1.54) is 23.0 Å². The van der Waals surface area contributed by atoms with Crippen LogP contribution in [0.1, 0.15) is 38.3 Å². The summed E-state index contributed by atoms with van der Waals surface area (Å²) in [5.41, 5.74) is -1.87. The molecule has 0 aliphatic carbocycles. The summed E-state index contributed by atoms with van der Waals surface area (Å²) in [6.45, 7) is 3.86. The Morgan fingerprint density at radius 3 is 2.81 bits per heavy atom. The zero-order valence-corrected chi connectivity index (χ0v) is 12.0. The molecule has 1 N–H and O–H groups in total. The number of rotatable bonds is 4. The molecular formula is C14H19F3N2O2. The van der Waals surface area contributed by atoms with Gasteiger partial charge in [0.15, 0.2) is 0 Å². The minimum Gasteiger partial charge on any atom is -0.464 e. The van der Waals surface area contributed by atoms with Crippen molar-refractivity contribution < 1.29 is 22.7 Å². The van der Waals surface area contributed by atoms with Gasteiger partial charge in [0.2, 0.25) is 0 Å². The van der Waals surface area contributed by atoms with Gasteiger partial charge in [0.05, 0.1) is 6.61 Å². The van der Waals surface area contributed by atoms with E-state index in [0.717, 1.165) is 0 Å². The molecule has 2 atom stereocenters. The lowest BCUT2D eigenvalue weighted by Crippen LogP contribution is -2.49. The first kappa shape index (κ1) is 15.9. The van der Waals surface area contributed by atoms with Gasteiger partial charge in [-0.25, -0.2) is 4.79 Å². The molecule has 1 saturated heterocycles. The predicted octanol–water partition coefficient (Wildman–Crippen LogP) is 2.75. The molecule has 0 amide bonds. The highest BCUT2D eigenvalue weighted by molar-refractivity contribution is 5.73. The molecule has 21 heavy (non-hydrogen) atoms. The van der Waals surface area contributed by atoms with E-state index in [0.29, 0.717) is 13.0 Å². The van der Waals surface area contributed by atoms with Crippen LogP contribution < -0.4 is 5.32 Å². The molecule has 1 aromatic rings. The Hall–Kier alpha value is -1.50. The fourth-order valence-electron chi connectivity index (χ4n) is 2.69. The summed E-state index contributed by atoms with van der Waals surface area (Å²) in [5, 5.41) is 2.58. The fourth-order valence-corrected chi connectivity index (χ4v) is 2.69. The quantitative estimate of drug-likeness (QED) is 0.870. The number of alkyl halides is 3. The van der Waals surface area contributed by atoms with Crippen molar-refractivity contribution in [2.75, 3.05) is 13.2 Å². The monoisotopic (exact) mass is 304 g/mol. The summed E-state index contributed by atoms with van der Waals surface area (Å²) in [6.07, 6.45) is -1.02. The first-order chi connectivity index (χ1) is 9.82. The Kier molecular flexibility index (Phi) is 4.32. The number of ether oxygens (including phenoxy) is 1. The summed E-state index contributed by atoms with van der Waals surface area (Å²) in [5.74, 6) is -0.458. The van der Waals surface area contributed by atoms with Crippen molar-refractivity contribution in [3.63, 3.8) is 0 Å². The van der Waals surface area contributed by atoms with Crippen molar-refractivity contribution in [1.29, 1.82) is 0 Å². The molecule has 0 aromatic carbocycles. The zero-order valence-electron chi connectivity index (χ0n) is 12.0. The molecule has 1 unspecified atom stereocenters. The normalized spacial score (nSPS) is 24.0. The second-order valence-electron chi connectivity index (χ2n) is 5.21. The highest BCUT2D eigenvalue weighted by Crippen LogP contribution is 2.45. The third-order valence-electron chi connectivity index (χ3n) is 3.92. The molecule has 118 valence electrons. The van der Waals surface area contributed by atoms with Gasteiger partial charge in [-0.05, 0) is 44.9 Å². The Bertz CT molecular complexity index is 505. The average Bonchev–Trinajstić information content (AvgIpc) is 3.06. The summed E-state index contributed by atoms with van der Waals surface area (Å²) in [6, 6.07) is 0.770. The van der Waals surface area contributed by atoms with Gasteiger partial charge in [-0.15, -0.1) is 0 Å². The number of carbonyl (C=O) groups excluding carboxylic acids is 1. The van der Waals surface area contributed by atoms with Crippen molar-refractivity contribution in [1.82, 2.24) is 9.88 Å². The molecule has 0 radical (unpaired) electrons. The maximum atomic E-state index is 13.4. The van der Waals surface area contributed by atoms with Gasteiger partial charge < -0.3 is 9.30 Å². The number of nitrogens with one attached hydrogen (secondary N) is 1. The summed E-state index contributed by atoms with van der Waals surface area (Å²) >= 11 is 0. The van der Waals surface area contributed by atoms with Gasteiger partial charge in [-0.2, -0.15) is 13.2 Å². The Morgan fingerprint density at radius 1 is 1.57 bits per heavy atom. The standard InChI is InChI=1S/C14H19F3N2O2/c1-3-21-12(20)10(2)19-8-5-11(9-19)13(14(15,16)17)6-4-7-18-13/h5,8-10,18H,3-4,6-7H2,1-2H3/t10-,13?/m0/s1. The molecule has 2 rings (SSSR count). The molecule has 0 bridgehead atoms. The first-order valence-electron chi connectivity index (χ1n) is 6.98. The van der Waals surface area contributed by atoms with Gasteiger partial charge >= 0.3 is 12.1 Å². The van der Waals surface area contributed by atoms with Crippen LogP contribution in [0.15, 0.2) is 18.5 Å². The summed E-state index contributed by atoms with van der Waals surface area (Å²) in [7, 11) is 0. The Balaban J connectivity index is 2.28. The highest BCUT2D eigenvalue weighted by atomic mass is 19.4. The molecule has 0 saturated carbocycles. The largest absolute Gasteiger partial charge is 0.464 e. The van der Waals surface area contributed by atoms with Crippen molar-refractivity contribution in [2.24, 2.45) is 0 Å². The summed E-state index contributed by atoms with van der Waals surface area (Å²) < 4.78 is 46.6. The number of carbonyl (C=O) groups is 1. The van der Waals surface area contributed by atoms with E-state index in [4.69, 9.17) is 4.74 Å². The van der Waals surface area contributed by atoms with E-state index in [1.807, 2.05) is 0 Å². The molecule has 1 aliphatic rings. The Labute approximate surface area is 121 Å². The zero-order chi connectivity index (χ0) is 15.7. The van der Waals surface area contributed by atoms with Crippen LogP contribution >= 0.6 is 0 Å². The van der Waals surface area contributed by atoms with Crippen LogP contribution in [0, 0.1) is 0 Å². The van der Waals surface area contributed by atoms with Crippen LogP contribution in [0.4, 0.5) is 13.2 Å². The third-order valence-corrected chi connectivity index (χ3v) is 3.92. The Morgan fingerprint density at radius 2 is 2.29 bits per heavy atom. The van der Waals surface area contributed by atoms with Crippen LogP contribution in [0.3, 0.4) is 0 Å². The number of hydrogen-bond donors (Lipinski definition) is 1. The molecule has 1 fully saturated rings. The van der Waals surface area contributed by atoms with E-state index >= 15 is 0 Å². The van der Waals surface area contributed by atoms with E-state index in [-0.39, 0.29) is 18.6 Å². The lowest BCUT2D eigenvalue weighted by molar-refractivity contribution is -0.196. The molecule has 1 aliphatic heterocycles. The number of esters is 1. The topological polar surface area (TPSA) is 43.3 Å². The lowest BCUT2D eigenvalue weighted by atomic mass is 9.90. The SMILES string of the molecule is CCOC(=O)[C@H](C)n1ccc(C2(C(F)(F)F)CCCN2)c1. The van der Waals surface area contributed by atoms with Crippen LogP contribution in [-0.4, -0.2) is 29.9 Å². The first-order valence-corrected chi connectivity index (χ1v) is 6.98. The second-order valence-corrected chi connectivity index (χ2v) is 5.21. The van der Waals surface area contributed by atoms with Gasteiger partial charge in [-0.3, -0.25) is 5.32 Å². The van der Waals surface area contributed by atoms with E-state index in [9.17, 15) is 18.0 Å². The third kappa shape index (κ3) is 2.79. The number of aromatic nitrogens is 1. The van der Waals surface area contributed by atoms with E-state index in [2.05, 4.69) is 5.32 Å². The number of halogens is 3. The van der Waals surface area contributed by atoms with E-state index < -0.39 is 23.7 Å². The van der Waals surface area contributed by atoms with Gasteiger partial charge in [0.1, 0.15) is 11.6 Å². The molecule has 7 heteroatoms. The maximum absolute atomic E-state index is 13.4. The summed E-state index contributed by atoms with van der Waals surface area (Å²) in [4.78, 5) is 11.7. The van der Waals surface area contributed by atoms with Crippen molar-refractivity contribution >= 4 is 5.97 Å². The smallest absolute Gasteiger partial charge is 0.410 e. The van der Waals surface area contributed by atoms with E-state index in [1.54, 1.807) is 13.8 Å². The van der Waals surface area contributed by atoms with Gasteiger partial charge in [-0.1, -0.05) is 0 Å². The van der Waals surface area contributed by atoms with Crippen LogP contribution in [-0.2, 0) is 15.1 Å².